The summed E-state index contributed by atoms with van der Waals surface area (Å²) in [6, 6.07) is 20.1. The SMILES string of the molecule is CN(CCCN(C)C(C)(C)C)C(=O)C(c1ccccc1)c1ccccc1. The normalized spacial score (nSPS) is 11.8. The molecule has 0 saturated heterocycles. The summed E-state index contributed by atoms with van der Waals surface area (Å²) in [6.07, 6.45) is 0.965. The molecule has 0 aliphatic carbocycles. The second-order valence-corrected chi connectivity index (χ2v) is 7.96. The number of carbonyl (C=O) groups is 1. The monoisotopic (exact) mass is 352 g/mol. The van der Waals surface area contributed by atoms with Gasteiger partial charge in [0, 0.05) is 25.7 Å². The van der Waals surface area contributed by atoms with Crippen molar-refractivity contribution in [3.05, 3.63) is 71.8 Å². The van der Waals surface area contributed by atoms with Crippen LogP contribution in [0.1, 0.15) is 44.2 Å². The lowest BCUT2D eigenvalue weighted by Gasteiger charge is -2.32. The number of carbonyl (C=O) groups excluding carboxylic acids is 1. The summed E-state index contributed by atoms with van der Waals surface area (Å²) in [5.41, 5.74) is 2.24. The first-order chi connectivity index (χ1) is 12.3. The van der Waals surface area contributed by atoms with Gasteiger partial charge in [0.05, 0.1) is 5.92 Å². The van der Waals surface area contributed by atoms with Gasteiger partial charge in [0.1, 0.15) is 0 Å². The Bertz CT molecular complexity index is 637. The number of hydrogen-bond donors (Lipinski definition) is 0. The highest BCUT2D eigenvalue weighted by atomic mass is 16.2. The zero-order valence-electron chi connectivity index (χ0n) is 16.8. The summed E-state index contributed by atoms with van der Waals surface area (Å²) in [5, 5.41) is 0. The van der Waals surface area contributed by atoms with E-state index in [0.29, 0.717) is 0 Å². The molecule has 0 saturated carbocycles. The Hall–Kier alpha value is -2.13. The predicted octanol–water partition coefficient (Wildman–Crippen LogP) is 4.40. The molecule has 0 aromatic heterocycles. The molecule has 0 bridgehead atoms. The lowest BCUT2D eigenvalue weighted by Crippen LogP contribution is -2.40. The van der Waals surface area contributed by atoms with Gasteiger partial charge in [-0.05, 0) is 45.4 Å². The number of hydrogen-bond acceptors (Lipinski definition) is 2. The molecule has 3 nitrogen and oxygen atoms in total. The third kappa shape index (κ3) is 5.43. The molecular weight excluding hydrogens is 320 g/mol. The molecule has 0 fully saturated rings. The number of benzene rings is 2. The minimum absolute atomic E-state index is 0.152. The van der Waals surface area contributed by atoms with Gasteiger partial charge < -0.3 is 9.80 Å². The van der Waals surface area contributed by atoms with E-state index in [-0.39, 0.29) is 17.4 Å². The molecule has 26 heavy (non-hydrogen) atoms. The molecule has 0 N–H and O–H groups in total. The van der Waals surface area contributed by atoms with Crippen LogP contribution in [0.15, 0.2) is 60.7 Å². The maximum atomic E-state index is 13.2. The minimum atomic E-state index is -0.247. The summed E-state index contributed by atoms with van der Waals surface area (Å²) < 4.78 is 0. The number of amides is 1. The standard InChI is InChI=1S/C23H32N2O/c1-23(2,3)25(5)18-12-17-24(4)22(26)21(19-13-8-6-9-14-19)20-15-10-7-11-16-20/h6-11,13-16,21H,12,17-18H2,1-5H3. The molecule has 140 valence electrons. The zero-order chi connectivity index (χ0) is 19.2. The number of likely N-dealkylation sites (N-methyl/N-ethyl adjacent to an activating group) is 1. The average molecular weight is 353 g/mol. The van der Waals surface area contributed by atoms with Crippen LogP contribution in [0, 0.1) is 0 Å². The molecule has 3 heteroatoms. The van der Waals surface area contributed by atoms with Gasteiger partial charge >= 0.3 is 0 Å². The lowest BCUT2D eigenvalue weighted by atomic mass is 9.90. The number of rotatable bonds is 7. The average Bonchev–Trinajstić information content (AvgIpc) is 2.62. The topological polar surface area (TPSA) is 23.6 Å². The van der Waals surface area contributed by atoms with Gasteiger partial charge in [-0.3, -0.25) is 4.79 Å². The second kappa shape index (κ2) is 9.00. The van der Waals surface area contributed by atoms with Gasteiger partial charge in [-0.1, -0.05) is 60.7 Å². The smallest absolute Gasteiger partial charge is 0.234 e. The van der Waals surface area contributed by atoms with Crippen LogP contribution in [0.3, 0.4) is 0 Å². The van der Waals surface area contributed by atoms with Crippen molar-refractivity contribution in [3.63, 3.8) is 0 Å². The van der Waals surface area contributed by atoms with Gasteiger partial charge in [-0.25, -0.2) is 0 Å². The number of nitrogens with zero attached hydrogens (tertiary/aromatic N) is 2. The molecule has 2 aromatic rings. The summed E-state index contributed by atoms with van der Waals surface area (Å²) >= 11 is 0. The molecule has 0 heterocycles. The van der Waals surface area contributed by atoms with E-state index >= 15 is 0 Å². The summed E-state index contributed by atoms with van der Waals surface area (Å²) in [4.78, 5) is 17.4. The maximum absolute atomic E-state index is 13.2. The van der Waals surface area contributed by atoms with Crippen LogP contribution in [0.2, 0.25) is 0 Å². The molecule has 0 atom stereocenters. The van der Waals surface area contributed by atoms with E-state index in [2.05, 4.69) is 32.7 Å². The molecule has 2 rings (SSSR count). The third-order valence-electron chi connectivity index (χ3n) is 5.02. The van der Waals surface area contributed by atoms with E-state index in [0.717, 1.165) is 30.6 Å². The van der Waals surface area contributed by atoms with Crippen molar-refractivity contribution >= 4 is 5.91 Å². The Labute approximate surface area is 158 Å². The van der Waals surface area contributed by atoms with E-state index in [9.17, 15) is 4.79 Å². The molecule has 0 spiro atoms. The van der Waals surface area contributed by atoms with Gasteiger partial charge in [0.25, 0.3) is 0 Å². The highest BCUT2D eigenvalue weighted by Crippen LogP contribution is 2.26. The largest absolute Gasteiger partial charge is 0.345 e. The van der Waals surface area contributed by atoms with E-state index in [1.165, 1.54) is 0 Å². The molecule has 0 aliphatic rings. The van der Waals surface area contributed by atoms with E-state index in [1.807, 2.05) is 72.6 Å². The first-order valence-corrected chi connectivity index (χ1v) is 9.37. The Balaban J connectivity index is 2.09. The Morgan fingerprint density at radius 1 is 0.846 bits per heavy atom. The zero-order valence-corrected chi connectivity index (χ0v) is 16.8. The van der Waals surface area contributed by atoms with Gasteiger partial charge in [0.2, 0.25) is 5.91 Å². The van der Waals surface area contributed by atoms with Gasteiger partial charge in [-0.2, -0.15) is 0 Å². The molecule has 1 amide bonds. The fourth-order valence-electron chi connectivity index (χ4n) is 2.98. The maximum Gasteiger partial charge on any atom is 0.234 e. The van der Waals surface area contributed by atoms with E-state index in [4.69, 9.17) is 0 Å². The van der Waals surface area contributed by atoms with Crippen LogP contribution in [-0.2, 0) is 4.79 Å². The van der Waals surface area contributed by atoms with Crippen molar-refractivity contribution in [3.8, 4) is 0 Å². The lowest BCUT2D eigenvalue weighted by molar-refractivity contribution is -0.130. The molecule has 2 aromatic carbocycles. The first kappa shape index (κ1) is 20.2. The van der Waals surface area contributed by atoms with Crippen LogP contribution >= 0.6 is 0 Å². The fraction of sp³-hybridized carbons (Fsp3) is 0.435. The Kier molecular flexibility index (Phi) is 6.98. The molecule has 0 radical (unpaired) electrons. The van der Waals surface area contributed by atoms with Crippen molar-refractivity contribution < 1.29 is 4.79 Å². The molecule has 0 aliphatic heterocycles. The minimum Gasteiger partial charge on any atom is -0.345 e. The second-order valence-electron chi connectivity index (χ2n) is 7.96. The fourth-order valence-corrected chi connectivity index (χ4v) is 2.98. The first-order valence-electron chi connectivity index (χ1n) is 9.37. The van der Waals surface area contributed by atoms with Gasteiger partial charge in [0.15, 0.2) is 0 Å². The predicted molar refractivity (Wildman–Crippen MR) is 109 cm³/mol. The Morgan fingerprint density at radius 3 is 1.73 bits per heavy atom. The van der Waals surface area contributed by atoms with E-state index < -0.39 is 0 Å². The molecule has 0 unspecified atom stereocenters. The summed E-state index contributed by atoms with van der Waals surface area (Å²) in [6.45, 7) is 8.37. The van der Waals surface area contributed by atoms with Crippen LogP contribution in [0.5, 0.6) is 0 Å². The van der Waals surface area contributed by atoms with Crippen molar-refractivity contribution in [2.24, 2.45) is 0 Å². The van der Waals surface area contributed by atoms with Crippen molar-refractivity contribution in [2.75, 3.05) is 27.2 Å². The summed E-state index contributed by atoms with van der Waals surface area (Å²) in [7, 11) is 4.05. The third-order valence-corrected chi connectivity index (χ3v) is 5.02. The highest BCUT2D eigenvalue weighted by Gasteiger charge is 2.25. The van der Waals surface area contributed by atoms with Crippen molar-refractivity contribution in [1.82, 2.24) is 9.80 Å². The van der Waals surface area contributed by atoms with Crippen LogP contribution < -0.4 is 0 Å². The molecular formula is C23H32N2O. The van der Waals surface area contributed by atoms with Crippen LogP contribution in [-0.4, -0.2) is 48.4 Å². The Morgan fingerprint density at radius 2 is 1.31 bits per heavy atom. The van der Waals surface area contributed by atoms with E-state index in [1.54, 1.807) is 0 Å². The van der Waals surface area contributed by atoms with Crippen LogP contribution in [0.25, 0.3) is 0 Å². The quantitative estimate of drug-likeness (QED) is 0.737. The van der Waals surface area contributed by atoms with Gasteiger partial charge in [-0.15, -0.1) is 0 Å². The summed E-state index contributed by atoms with van der Waals surface area (Å²) in [5.74, 6) is -0.0939. The van der Waals surface area contributed by atoms with Crippen LogP contribution in [0.4, 0.5) is 0 Å². The van der Waals surface area contributed by atoms with Crippen molar-refractivity contribution in [1.29, 1.82) is 0 Å². The highest BCUT2D eigenvalue weighted by molar-refractivity contribution is 5.87. The van der Waals surface area contributed by atoms with Crippen molar-refractivity contribution in [2.45, 2.75) is 38.6 Å².